The summed E-state index contributed by atoms with van der Waals surface area (Å²) in [6.45, 7) is 8.21. The van der Waals surface area contributed by atoms with Crippen molar-refractivity contribution in [3.8, 4) is 0 Å². The maximum atomic E-state index is 11.6. The SMILES string of the molecule is CC(Cl)CN(C)C(=O)C(C)(C)C. The predicted octanol–water partition coefficient (Wildman–Crippen LogP) is 2.12. The summed E-state index contributed by atoms with van der Waals surface area (Å²) in [5, 5.41) is 0.0151. The number of halogens is 1. The summed E-state index contributed by atoms with van der Waals surface area (Å²) in [6.07, 6.45) is 0. The molecule has 72 valence electrons. The fraction of sp³-hybridized carbons (Fsp3) is 0.889. The Morgan fingerprint density at radius 3 is 2.17 bits per heavy atom. The van der Waals surface area contributed by atoms with Gasteiger partial charge in [-0.1, -0.05) is 20.8 Å². The molecule has 0 aliphatic carbocycles. The predicted molar refractivity (Wildman–Crippen MR) is 52.4 cm³/mol. The molecule has 0 aromatic carbocycles. The van der Waals surface area contributed by atoms with Gasteiger partial charge in [-0.2, -0.15) is 0 Å². The second-order valence-electron chi connectivity index (χ2n) is 4.22. The van der Waals surface area contributed by atoms with Crippen LogP contribution in [0.1, 0.15) is 27.7 Å². The Bertz CT molecular complexity index is 160. The second kappa shape index (κ2) is 4.13. The van der Waals surface area contributed by atoms with Crippen LogP contribution >= 0.6 is 11.6 Å². The van der Waals surface area contributed by atoms with Gasteiger partial charge in [-0.25, -0.2) is 0 Å². The van der Waals surface area contributed by atoms with Crippen LogP contribution in [0.2, 0.25) is 0 Å². The lowest BCUT2D eigenvalue weighted by molar-refractivity contribution is -0.138. The average molecular weight is 192 g/mol. The van der Waals surface area contributed by atoms with E-state index in [1.165, 1.54) is 0 Å². The summed E-state index contributed by atoms with van der Waals surface area (Å²) >= 11 is 5.77. The van der Waals surface area contributed by atoms with E-state index in [1.807, 2.05) is 27.7 Å². The molecule has 1 amide bonds. The van der Waals surface area contributed by atoms with Crippen LogP contribution in [0.25, 0.3) is 0 Å². The summed E-state index contributed by atoms with van der Waals surface area (Å²) in [4.78, 5) is 13.2. The number of nitrogens with zero attached hydrogens (tertiary/aromatic N) is 1. The van der Waals surface area contributed by atoms with E-state index in [0.717, 1.165) is 0 Å². The van der Waals surface area contributed by atoms with E-state index in [-0.39, 0.29) is 16.7 Å². The van der Waals surface area contributed by atoms with Gasteiger partial charge >= 0.3 is 0 Å². The third-order valence-electron chi connectivity index (χ3n) is 1.51. The first-order valence-corrected chi connectivity index (χ1v) is 4.58. The number of hydrogen-bond acceptors (Lipinski definition) is 1. The van der Waals surface area contributed by atoms with Crippen LogP contribution in [0.15, 0.2) is 0 Å². The lowest BCUT2D eigenvalue weighted by Crippen LogP contribution is -2.39. The zero-order valence-electron chi connectivity index (χ0n) is 8.52. The van der Waals surface area contributed by atoms with Gasteiger partial charge < -0.3 is 4.90 Å². The van der Waals surface area contributed by atoms with Crippen LogP contribution in [0.3, 0.4) is 0 Å². The van der Waals surface area contributed by atoms with Gasteiger partial charge in [0.2, 0.25) is 5.91 Å². The highest BCUT2D eigenvalue weighted by atomic mass is 35.5. The lowest BCUT2D eigenvalue weighted by Gasteiger charge is -2.26. The first-order valence-electron chi connectivity index (χ1n) is 4.14. The topological polar surface area (TPSA) is 20.3 Å². The summed E-state index contributed by atoms with van der Waals surface area (Å²) in [5.41, 5.74) is -0.305. The van der Waals surface area contributed by atoms with Crippen molar-refractivity contribution in [2.75, 3.05) is 13.6 Å². The van der Waals surface area contributed by atoms with E-state index in [1.54, 1.807) is 11.9 Å². The molecule has 0 aliphatic heterocycles. The third-order valence-corrected chi connectivity index (χ3v) is 1.65. The first kappa shape index (κ1) is 11.8. The van der Waals surface area contributed by atoms with E-state index >= 15 is 0 Å². The second-order valence-corrected chi connectivity index (χ2v) is 4.96. The molecule has 0 saturated carbocycles. The first-order chi connectivity index (χ1) is 5.25. The Labute approximate surface area is 79.9 Å². The number of rotatable bonds is 2. The monoisotopic (exact) mass is 191 g/mol. The van der Waals surface area contributed by atoms with Crippen molar-refractivity contribution in [2.24, 2.45) is 5.41 Å². The maximum Gasteiger partial charge on any atom is 0.227 e. The number of amides is 1. The highest BCUT2D eigenvalue weighted by Crippen LogP contribution is 2.16. The Balaban J connectivity index is 4.12. The normalized spacial score (nSPS) is 14.2. The Kier molecular flexibility index (Phi) is 4.04. The Morgan fingerprint density at radius 1 is 1.50 bits per heavy atom. The minimum atomic E-state index is -0.305. The molecule has 0 aromatic heterocycles. The van der Waals surface area contributed by atoms with Gasteiger partial charge in [-0.3, -0.25) is 4.79 Å². The minimum absolute atomic E-state index is 0.0151. The van der Waals surface area contributed by atoms with Crippen LogP contribution in [-0.2, 0) is 4.79 Å². The molecule has 3 heteroatoms. The van der Waals surface area contributed by atoms with Crippen LogP contribution in [-0.4, -0.2) is 29.8 Å². The molecule has 0 bridgehead atoms. The molecule has 0 aromatic rings. The smallest absolute Gasteiger partial charge is 0.227 e. The number of hydrogen-bond donors (Lipinski definition) is 0. The third kappa shape index (κ3) is 3.96. The molecule has 0 saturated heterocycles. The average Bonchev–Trinajstić information content (AvgIpc) is 1.82. The molecule has 0 radical (unpaired) electrons. The fourth-order valence-corrected chi connectivity index (χ4v) is 1.24. The van der Waals surface area contributed by atoms with E-state index in [2.05, 4.69) is 0 Å². The van der Waals surface area contributed by atoms with Gasteiger partial charge in [0, 0.05) is 24.4 Å². The minimum Gasteiger partial charge on any atom is -0.344 e. The molecule has 0 fully saturated rings. The van der Waals surface area contributed by atoms with Gasteiger partial charge in [-0.15, -0.1) is 11.6 Å². The largest absolute Gasteiger partial charge is 0.344 e. The van der Waals surface area contributed by atoms with Crippen molar-refractivity contribution in [2.45, 2.75) is 33.1 Å². The standard InChI is InChI=1S/C9H18ClNO/c1-7(10)6-11(5)8(12)9(2,3)4/h7H,6H2,1-5H3. The van der Waals surface area contributed by atoms with Crippen LogP contribution in [0, 0.1) is 5.41 Å². The van der Waals surface area contributed by atoms with E-state index in [9.17, 15) is 4.79 Å². The summed E-state index contributed by atoms with van der Waals surface area (Å²) in [5.74, 6) is 0.134. The van der Waals surface area contributed by atoms with Crippen molar-refractivity contribution in [1.82, 2.24) is 4.90 Å². The van der Waals surface area contributed by atoms with Crippen LogP contribution < -0.4 is 0 Å². The molecule has 2 nitrogen and oxygen atoms in total. The van der Waals surface area contributed by atoms with Crippen molar-refractivity contribution in [1.29, 1.82) is 0 Å². The molecular weight excluding hydrogens is 174 g/mol. The fourth-order valence-electron chi connectivity index (χ4n) is 1.03. The van der Waals surface area contributed by atoms with Crippen molar-refractivity contribution in [3.05, 3.63) is 0 Å². The number of alkyl halides is 1. The van der Waals surface area contributed by atoms with Gasteiger partial charge in [0.25, 0.3) is 0 Å². The highest BCUT2D eigenvalue weighted by Gasteiger charge is 2.25. The van der Waals surface area contributed by atoms with Crippen molar-refractivity contribution < 1.29 is 4.79 Å². The summed E-state index contributed by atoms with van der Waals surface area (Å²) < 4.78 is 0. The summed E-state index contributed by atoms with van der Waals surface area (Å²) in [6, 6.07) is 0. The molecule has 1 atom stereocenters. The molecule has 0 rings (SSSR count). The van der Waals surface area contributed by atoms with E-state index in [0.29, 0.717) is 6.54 Å². The molecule has 0 spiro atoms. The van der Waals surface area contributed by atoms with Crippen molar-refractivity contribution in [3.63, 3.8) is 0 Å². The van der Waals surface area contributed by atoms with Crippen LogP contribution in [0.4, 0.5) is 0 Å². The van der Waals surface area contributed by atoms with E-state index < -0.39 is 0 Å². The molecule has 1 unspecified atom stereocenters. The molecule has 0 heterocycles. The van der Waals surface area contributed by atoms with Gasteiger partial charge in [-0.05, 0) is 6.92 Å². The lowest BCUT2D eigenvalue weighted by atomic mass is 9.95. The number of carbonyl (C=O) groups excluding carboxylic acids is 1. The summed E-state index contributed by atoms with van der Waals surface area (Å²) in [7, 11) is 1.78. The highest BCUT2D eigenvalue weighted by molar-refractivity contribution is 6.20. The Hall–Kier alpha value is -0.240. The Morgan fingerprint density at radius 2 is 1.92 bits per heavy atom. The zero-order valence-corrected chi connectivity index (χ0v) is 9.27. The maximum absolute atomic E-state index is 11.6. The van der Waals surface area contributed by atoms with E-state index in [4.69, 9.17) is 11.6 Å². The van der Waals surface area contributed by atoms with Crippen LogP contribution in [0.5, 0.6) is 0 Å². The van der Waals surface area contributed by atoms with Gasteiger partial charge in [0.05, 0.1) is 0 Å². The molecule has 0 N–H and O–H groups in total. The van der Waals surface area contributed by atoms with Gasteiger partial charge in [0.1, 0.15) is 0 Å². The van der Waals surface area contributed by atoms with Crippen molar-refractivity contribution >= 4 is 17.5 Å². The quantitative estimate of drug-likeness (QED) is 0.613. The zero-order chi connectivity index (χ0) is 9.94. The number of carbonyl (C=O) groups is 1. The molecule has 0 aliphatic rings. The van der Waals surface area contributed by atoms with Gasteiger partial charge in [0.15, 0.2) is 0 Å². The molecule has 12 heavy (non-hydrogen) atoms. The molecular formula is C9H18ClNO.